The highest BCUT2D eigenvalue weighted by Gasteiger charge is 2.17. The van der Waals surface area contributed by atoms with Crippen molar-refractivity contribution in [2.45, 2.75) is 19.4 Å². The third-order valence-electron chi connectivity index (χ3n) is 6.87. The molecule has 0 amide bonds. The zero-order chi connectivity index (χ0) is 26.9. The molecule has 40 heavy (non-hydrogen) atoms. The second kappa shape index (κ2) is 11.3. The van der Waals surface area contributed by atoms with E-state index in [9.17, 15) is 9.18 Å². The number of nitrogens with two attached hydrogens (primary N) is 1. The quantitative estimate of drug-likeness (QED) is 0.250. The first-order chi connectivity index (χ1) is 19.0. The van der Waals surface area contributed by atoms with Crippen molar-refractivity contribution in [3.63, 3.8) is 0 Å². The van der Waals surface area contributed by atoms with E-state index in [0.29, 0.717) is 17.5 Å². The highest BCUT2D eigenvalue weighted by Crippen LogP contribution is 2.33. The summed E-state index contributed by atoms with van der Waals surface area (Å²) in [6, 6.07) is 22.1. The van der Waals surface area contributed by atoms with Crippen LogP contribution in [0.2, 0.25) is 0 Å². The standard InChI is InChI=1S/C31H26FN5O2.H2S/c1-19-13-21(8-10-27(19)32)30-26(6-4-12-34-30)20-9-11-29-23(14-20)17-36-37(29)31(38)39-18-24(33)15-22-16-35-28-7-3-2-5-25(22)28;/h2-14,16-17,24,35H,15,18,33H2,1H3;1H2/t24-;/m1./s1. The number of aryl methyl sites for hydroxylation is 1. The Kier molecular flexibility index (Phi) is 7.68. The molecule has 0 spiro atoms. The summed E-state index contributed by atoms with van der Waals surface area (Å²) in [6.07, 6.45) is 5.27. The van der Waals surface area contributed by atoms with Gasteiger partial charge in [-0.1, -0.05) is 30.3 Å². The number of hydrogen-bond acceptors (Lipinski definition) is 5. The number of rotatable bonds is 6. The predicted octanol–water partition coefficient (Wildman–Crippen LogP) is 6.36. The van der Waals surface area contributed by atoms with Crippen molar-refractivity contribution in [2.24, 2.45) is 5.73 Å². The van der Waals surface area contributed by atoms with E-state index in [1.807, 2.05) is 60.8 Å². The Labute approximate surface area is 237 Å². The van der Waals surface area contributed by atoms with E-state index in [2.05, 4.69) is 15.1 Å². The lowest BCUT2D eigenvalue weighted by molar-refractivity contribution is 0.138. The molecule has 202 valence electrons. The summed E-state index contributed by atoms with van der Waals surface area (Å²) in [6.45, 7) is 1.80. The van der Waals surface area contributed by atoms with Crippen LogP contribution >= 0.6 is 13.5 Å². The highest BCUT2D eigenvalue weighted by atomic mass is 32.1. The first-order valence-corrected chi connectivity index (χ1v) is 12.7. The number of benzene rings is 3. The zero-order valence-electron chi connectivity index (χ0n) is 21.8. The van der Waals surface area contributed by atoms with Crippen LogP contribution in [0.1, 0.15) is 11.1 Å². The Morgan fingerprint density at radius 3 is 2.75 bits per heavy atom. The third-order valence-corrected chi connectivity index (χ3v) is 6.87. The number of nitrogens with zero attached hydrogens (tertiary/aromatic N) is 3. The van der Waals surface area contributed by atoms with Gasteiger partial charge in [-0.25, -0.2) is 9.18 Å². The average molecular weight is 554 g/mol. The topological polar surface area (TPSA) is 98.8 Å². The molecule has 0 aliphatic carbocycles. The number of carbonyl (C=O) groups excluding carboxylic acids is 1. The number of ether oxygens (including phenoxy) is 1. The summed E-state index contributed by atoms with van der Waals surface area (Å²) in [4.78, 5) is 20.7. The summed E-state index contributed by atoms with van der Waals surface area (Å²) in [7, 11) is 0. The van der Waals surface area contributed by atoms with Crippen molar-refractivity contribution < 1.29 is 13.9 Å². The maximum Gasteiger partial charge on any atom is 0.435 e. The SMILES string of the molecule is Cc1cc(-c2ncccc2-c2ccc3c(cnn3C(=O)OC[C@H](N)Cc3c[nH]c4ccccc34)c2)ccc1F.S. The molecule has 1 atom stereocenters. The van der Waals surface area contributed by atoms with Crippen molar-refractivity contribution in [2.75, 3.05) is 6.61 Å². The smallest absolute Gasteiger partial charge is 0.435 e. The summed E-state index contributed by atoms with van der Waals surface area (Å²) in [5.74, 6) is -0.254. The van der Waals surface area contributed by atoms with E-state index in [1.54, 1.807) is 31.5 Å². The van der Waals surface area contributed by atoms with Gasteiger partial charge >= 0.3 is 6.09 Å². The number of fused-ring (bicyclic) bond motifs is 2. The van der Waals surface area contributed by atoms with Gasteiger partial charge in [0, 0.05) is 45.9 Å². The average Bonchev–Trinajstić information content (AvgIpc) is 3.57. The Balaban J connectivity index is 0.00000323. The Morgan fingerprint density at radius 2 is 1.90 bits per heavy atom. The van der Waals surface area contributed by atoms with Gasteiger partial charge in [0.05, 0.1) is 17.4 Å². The normalized spacial score (nSPS) is 11.9. The second-order valence-corrected chi connectivity index (χ2v) is 9.59. The number of pyridine rings is 1. The van der Waals surface area contributed by atoms with Crippen LogP contribution < -0.4 is 5.73 Å². The van der Waals surface area contributed by atoms with E-state index < -0.39 is 6.09 Å². The molecule has 0 aliphatic rings. The van der Waals surface area contributed by atoms with Gasteiger partial charge in [-0.15, -0.1) is 0 Å². The van der Waals surface area contributed by atoms with Crippen LogP contribution in [0, 0.1) is 12.7 Å². The zero-order valence-corrected chi connectivity index (χ0v) is 22.8. The minimum absolute atomic E-state index is 0. The first kappa shape index (κ1) is 27.1. The molecular formula is C31H28FN5O2S. The molecule has 3 aromatic carbocycles. The largest absolute Gasteiger partial charge is 0.446 e. The molecule has 6 aromatic rings. The molecule has 0 saturated heterocycles. The number of aromatic amines is 1. The molecule has 7 nitrogen and oxygen atoms in total. The van der Waals surface area contributed by atoms with E-state index in [0.717, 1.165) is 44.2 Å². The second-order valence-electron chi connectivity index (χ2n) is 9.59. The maximum atomic E-state index is 13.8. The summed E-state index contributed by atoms with van der Waals surface area (Å²) in [5.41, 5.74) is 13.0. The fraction of sp³-hybridized carbons (Fsp3) is 0.129. The fourth-order valence-corrected chi connectivity index (χ4v) is 4.89. The van der Waals surface area contributed by atoms with Crippen LogP contribution in [0.3, 0.4) is 0 Å². The van der Waals surface area contributed by atoms with Crippen LogP contribution in [0.4, 0.5) is 9.18 Å². The van der Waals surface area contributed by atoms with E-state index in [1.165, 1.54) is 10.7 Å². The van der Waals surface area contributed by atoms with Gasteiger partial charge in [0.25, 0.3) is 0 Å². The van der Waals surface area contributed by atoms with Crippen molar-refractivity contribution in [3.8, 4) is 22.4 Å². The molecule has 0 fully saturated rings. The lowest BCUT2D eigenvalue weighted by atomic mass is 9.97. The third kappa shape index (κ3) is 5.21. The maximum absolute atomic E-state index is 13.8. The molecule has 0 bridgehead atoms. The number of hydrogen-bond donors (Lipinski definition) is 2. The van der Waals surface area contributed by atoms with Gasteiger partial charge < -0.3 is 15.5 Å². The molecule has 0 unspecified atom stereocenters. The monoisotopic (exact) mass is 553 g/mol. The number of carbonyl (C=O) groups is 1. The summed E-state index contributed by atoms with van der Waals surface area (Å²) in [5, 5.41) is 6.15. The summed E-state index contributed by atoms with van der Waals surface area (Å²) >= 11 is 0. The van der Waals surface area contributed by atoms with Crippen molar-refractivity contribution in [1.29, 1.82) is 0 Å². The van der Waals surface area contributed by atoms with Gasteiger partial charge in [0.1, 0.15) is 12.4 Å². The van der Waals surface area contributed by atoms with Crippen LogP contribution in [-0.4, -0.2) is 38.5 Å². The molecule has 0 aliphatic heterocycles. The van der Waals surface area contributed by atoms with Crippen LogP contribution in [0.15, 0.2) is 91.4 Å². The molecule has 9 heteroatoms. The molecule has 3 N–H and O–H groups in total. The number of H-pyrrole nitrogens is 1. The van der Waals surface area contributed by atoms with Crippen LogP contribution in [0.25, 0.3) is 44.2 Å². The van der Waals surface area contributed by atoms with Gasteiger partial charge in [0.2, 0.25) is 0 Å². The number of halogens is 1. The van der Waals surface area contributed by atoms with Gasteiger partial charge in [0.15, 0.2) is 0 Å². The predicted molar refractivity (Wildman–Crippen MR) is 160 cm³/mol. The molecular weight excluding hydrogens is 525 g/mol. The number of para-hydroxylation sites is 1. The van der Waals surface area contributed by atoms with Crippen molar-refractivity contribution in [3.05, 3.63) is 108 Å². The summed E-state index contributed by atoms with van der Waals surface area (Å²) < 4.78 is 20.6. The molecule has 3 heterocycles. The number of nitrogens with one attached hydrogen (secondary N) is 1. The van der Waals surface area contributed by atoms with Crippen molar-refractivity contribution in [1.82, 2.24) is 19.7 Å². The van der Waals surface area contributed by atoms with Crippen LogP contribution in [-0.2, 0) is 11.2 Å². The molecule has 3 aromatic heterocycles. The Hall–Kier alpha value is -4.47. The van der Waals surface area contributed by atoms with Gasteiger partial charge in [-0.2, -0.15) is 23.3 Å². The molecule has 0 saturated carbocycles. The number of aromatic nitrogens is 4. The van der Waals surface area contributed by atoms with Crippen LogP contribution in [0.5, 0.6) is 0 Å². The fourth-order valence-electron chi connectivity index (χ4n) is 4.89. The van der Waals surface area contributed by atoms with Crippen molar-refractivity contribution >= 4 is 41.4 Å². The minimum atomic E-state index is -0.587. The molecule has 6 rings (SSSR count). The van der Waals surface area contributed by atoms with E-state index in [4.69, 9.17) is 10.5 Å². The van der Waals surface area contributed by atoms with Gasteiger partial charge in [-0.3, -0.25) is 4.98 Å². The Bertz CT molecular complexity index is 1830. The molecule has 0 radical (unpaired) electrons. The lowest BCUT2D eigenvalue weighted by Gasteiger charge is -2.12. The first-order valence-electron chi connectivity index (χ1n) is 12.7. The highest BCUT2D eigenvalue weighted by molar-refractivity contribution is 7.59. The van der Waals surface area contributed by atoms with Gasteiger partial charge in [-0.05, 0) is 72.5 Å². The van der Waals surface area contributed by atoms with E-state index in [-0.39, 0.29) is 32.0 Å². The minimum Gasteiger partial charge on any atom is -0.446 e. The van der Waals surface area contributed by atoms with E-state index >= 15 is 0 Å². The lowest BCUT2D eigenvalue weighted by Crippen LogP contribution is -2.31. The Morgan fingerprint density at radius 1 is 1.07 bits per heavy atom.